The van der Waals surface area contributed by atoms with E-state index in [1.165, 1.54) is 5.56 Å². The number of hydrogen-bond acceptors (Lipinski definition) is 3. The molecule has 5 nitrogen and oxygen atoms in total. The van der Waals surface area contributed by atoms with E-state index in [4.69, 9.17) is 0 Å². The van der Waals surface area contributed by atoms with Crippen molar-refractivity contribution >= 4 is 5.91 Å². The van der Waals surface area contributed by atoms with Crippen molar-refractivity contribution in [3.05, 3.63) is 41.7 Å². The molecular weight excluding hydrogens is 288 g/mol. The first-order valence-corrected chi connectivity index (χ1v) is 8.37. The third kappa shape index (κ3) is 4.18. The molecule has 0 saturated heterocycles. The first-order valence-electron chi connectivity index (χ1n) is 8.37. The van der Waals surface area contributed by atoms with Gasteiger partial charge in [0.2, 0.25) is 0 Å². The Kier molecular flexibility index (Phi) is 5.90. The average molecular weight is 314 g/mol. The molecule has 23 heavy (non-hydrogen) atoms. The van der Waals surface area contributed by atoms with Crippen LogP contribution >= 0.6 is 0 Å². The van der Waals surface area contributed by atoms with Crippen molar-refractivity contribution < 1.29 is 4.79 Å². The van der Waals surface area contributed by atoms with Crippen molar-refractivity contribution in [2.45, 2.75) is 40.5 Å². The van der Waals surface area contributed by atoms with Gasteiger partial charge in [-0.15, -0.1) is 5.10 Å². The highest BCUT2D eigenvalue weighted by Crippen LogP contribution is 2.13. The Balaban J connectivity index is 2.14. The molecule has 0 aliphatic carbocycles. The Morgan fingerprint density at radius 1 is 1.17 bits per heavy atom. The van der Waals surface area contributed by atoms with Crippen LogP contribution in [0.3, 0.4) is 0 Å². The number of benzene rings is 1. The van der Waals surface area contributed by atoms with E-state index in [2.05, 4.69) is 24.2 Å². The van der Waals surface area contributed by atoms with Gasteiger partial charge in [-0.3, -0.25) is 4.79 Å². The number of carbonyl (C=O) groups is 1. The van der Waals surface area contributed by atoms with E-state index < -0.39 is 0 Å². The second kappa shape index (κ2) is 7.90. The lowest BCUT2D eigenvalue weighted by Crippen LogP contribution is -2.35. The maximum absolute atomic E-state index is 12.7. The van der Waals surface area contributed by atoms with Gasteiger partial charge in [-0.1, -0.05) is 49.6 Å². The van der Waals surface area contributed by atoms with Crippen LogP contribution in [-0.2, 0) is 0 Å². The predicted molar refractivity (Wildman–Crippen MR) is 91.7 cm³/mol. The SMILES string of the molecule is CCC(CC)CN(CC)C(=O)c1cn(-c2ccc(C)cc2)nn1. The van der Waals surface area contributed by atoms with Gasteiger partial charge in [0.25, 0.3) is 5.91 Å². The van der Waals surface area contributed by atoms with Gasteiger partial charge in [0, 0.05) is 13.1 Å². The zero-order valence-electron chi connectivity index (χ0n) is 14.5. The molecule has 5 heteroatoms. The largest absolute Gasteiger partial charge is 0.337 e. The Morgan fingerprint density at radius 3 is 2.39 bits per heavy atom. The Hall–Kier alpha value is -2.17. The number of aryl methyl sites for hydroxylation is 1. The molecular formula is C18H26N4O. The Labute approximate surface area is 138 Å². The summed E-state index contributed by atoms with van der Waals surface area (Å²) >= 11 is 0. The fraction of sp³-hybridized carbons (Fsp3) is 0.500. The van der Waals surface area contributed by atoms with E-state index >= 15 is 0 Å². The first kappa shape index (κ1) is 17.2. The molecule has 1 aromatic heterocycles. The maximum Gasteiger partial charge on any atom is 0.276 e. The summed E-state index contributed by atoms with van der Waals surface area (Å²) in [5.74, 6) is 0.490. The molecule has 0 aliphatic rings. The minimum Gasteiger partial charge on any atom is -0.337 e. The van der Waals surface area contributed by atoms with Crippen molar-refractivity contribution in [2.24, 2.45) is 5.92 Å². The summed E-state index contributed by atoms with van der Waals surface area (Å²) in [5, 5.41) is 8.16. The molecule has 0 radical (unpaired) electrons. The zero-order chi connectivity index (χ0) is 16.8. The van der Waals surface area contributed by atoms with E-state index in [1.54, 1.807) is 10.9 Å². The van der Waals surface area contributed by atoms with Gasteiger partial charge < -0.3 is 4.90 Å². The lowest BCUT2D eigenvalue weighted by molar-refractivity contribution is 0.0729. The first-order chi connectivity index (χ1) is 11.1. The average Bonchev–Trinajstić information content (AvgIpc) is 3.06. The highest BCUT2D eigenvalue weighted by atomic mass is 16.2. The van der Waals surface area contributed by atoms with Crippen LogP contribution in [0.2, 0.25) is 0 Å². The van der Waals surface area contributed by atoms with E-state index in [-0.39, 0.29) is 5.91 Å². The number of amides is 1. The maximum atomic E-state index is 12.7. The van der Waals surface area contributed by atoms with Crippen LogP contribution in [0, 0.1) is 12.8 Å². The summed E-state index contributed by atoms with van der Waals surface area (Å²) in [7, 11) is 0. The van der Waals surface area contributed by atoms with Gasteiger partial charge in [0.15, 0.2) is 5.69 Å². The molecule has 1 amide bonds. The summed E-state index contributed by atoms with van der Waals surface area (Å²) in [6.07, 6.45) is 3.87. The Bertz CT molecular complexity index is 629. The summed E-state index contributed by atoms with van der Waals surface area (Å²) in [4.78, 5) is 14.5. The highest BCUT2D eigenvalue weighted by molar-refractivity contribution is 5.92. The topological polar surface area (TPSA) is 51.0 Å². The van der Waals surface area contributed by atoms with Crippen molar-refractivity contribution in [2.75, 3.05) is 13.1 Å². The molecule has 0 unspecified atom stereocenters. The molecule has 2 aromatic rings. The van der Waals surface area contributed by atoms with Crippen LogP contribution in [0.25, 0.3) is 5.69 Å². The molecule has 2 rings (SSSR count). The molecule has 0 N–H and O–H groups in total. The van der Waals surface area contributed by atoms with Crippen LogP contribution in [0.15, 0.2) is 30.5 Å². The summed E-state index contributed by atoms with van der Waals surface area (Å²) in [6, 6.07) is 7.98. The van der Waals surface area contributed by atoms with E-state index in [1.807, 2.05) is 43.0 Å². The predicted octanol–water partition coefficient (Wildman–Crippen LogP) is 3.47. The van der Waals surface area contributed by atoms with E-state index in [0.717, 1.165) is 25.1 Å². The summed E-state index contributed by atoms with van der Waals surface area (Å²) < 4.78 is 1.65. The quantitative estimate of drug-likeness (QED) is 0.786. The van der Waals surface area contributed by atoms with Crippen LogP contribution < -0.4 is 0 Å². The third-order valence-corrected chi connectivity index (χ3v) is 4.31. The molecule has 0 aliphatic heterocycles. The normalized spacial score (nSPS) is 11.0. The number of nitrogens with zero attached hydrogens (tertiary/aromatic N) is 4. The van der Waals surface area contributed by atoms with Gasteiger partial charge in [-0.25, -0.2) is 4.68 Å². The molecule has 0 atom stereocenters. The fourth-order valence-corrected chi connectivity index (χ4v) is 2.56. The Morgan fingerprint density at radius 2 is 1.83 bits per heavy atom. The van der Waals surface area contributed by atoms with Gasteiger partial charge in [0.1, 0.15) is 0 Å². The minimum atomic E-state index is -0.0437. The van der Waals surface area contributed by atoms with Gasteiger partial charge >= 0.3 is 0 Å². The van der Waals surface area contributed by atoms with E-state index in [0.29, 0.717) is 18.2 Å². The van der Waals surface area contributed by atoms with Gasteiger partial charge in [-0.05, 0) is 31.9 Å². The van der Waals surface area contributed by atoms with Crippen LogP contribution in [0.5, 0.6) is 0 Å². The van der Waals surface area contributed by atoms with Crippen LogP contribution in [-0.4, -0.2) is 38.9 Å². The molecule has 0 spiro atoms. The lowest BCUT2D eigenvalue weighted by Gasteiger charge is -2.24. The zero-order valence-corrected chi connectivity index (χ0v) is 14.5. The van der Waals surface area contributed by atoms with Crippen molar-refractivity contribution in [3.8, 4) is 5.69 Å². The second-order valence-electron chi connectivity index (χ2n) is 5.91. The third-order valence-electron chi connectivity index (χ3n) is 4.31. The smallest absolute Gasteiger partial charge is 0.276 e. The second-order valence-corrected chi connectivity index (χ2v) is 5.91. The van der Waals surface area contributed by atoms with Crippen molar-refractivity contribution in [1.82, 2.24) is 19.9 Å². The molecule has 124 valence electrons. The molecule has 0 fully saturated rings. The fourth-order valence-electron chi connectivity index (χ4n) is 2.56. The highest BCUT2D eigenvalue weighted by Gasteiger charge is 2.20. The standard InChI is InChI=1S/C18H26N4O/c1-5-15(6-2)12-21(7-3)18(23)17-13-22(20-19-17)16-10-8-14(4)9-11-16/h8-11,13,15H,5-7,12H2,1-4H3. The lowest BCUT2D eigenvalue weighted by atomic mass is 10.0. The summed E-state index contributed by atoms with van der Waals surface area (Å²) in [5.41, 5.74) is 2.50. The number of hydrogen-bond donors (Lipinski definition) is 0. The van der Waals surface area contributed by atoms with E-state index in [9.17, 15) is 4.79 Å². The van der Waals surface area contributed by atoms with Crippen LogP contribution in [0.4, 0.5) is 0 Å². The molecule has 1 heterocycles. The number of rotatable bonds is 7. The van der Waals surface area contributed by atoms with Gasteiger partial charge in [0.05, 0.1) is 11.9 Å². The molecule has 0 bridgehead atoms. The van der Waals surface area contributed by atoms with Crippen molar-refractivity contribution in [3.63, 3.8) is 0 Å². The number of carbonyl (C=O) groups excluding carboxylic acids is 1. The van der Waals surface area contributed by atoms with Crippen LogP contribution in [0.1, 0.15) is 49.7 Å². The molecule has 0 saturated carbocycles. The summed E-state index contributed by atoms with van der Waals surface area (Å²) in [6.45, 7) is 9.84. The minimum absolute atomic E-state index is 0.0437. The number of aromatic nitrogens is 3. The van der Waals surface area contributed by atoms with Gasteiger partial charge in [-0.2, -0.15) is 0 Å². The monoisotopic (exact) mass is 314 g/mol. The van der Waals surface area contributed by atoms with Crippen molar-refractivity contribution in [1.29, 1.82) is 0 Å². The molecule has 1 aromatic carbocycles.